The first-order valence-electron chi connectivity index (χ1n) is 5.71. The minimum atomic E-state index is -0.0356. The van der Waals surface area contributed by atoms with Crippen molar-refractivity contribution in [2.24, 2.45) is 7.05 Å². The van der Waals surface area contributed by atoms with Crippen molar-refractivity contribution in [1.29, 1.82) is 0 Å². The molecule has 0 bridgehead atoms. The van der Waals surface area contributed by atoms with Crippen molar-refractivity contribution in [3.05, 3.63) is 52.8 Å². The second-order valence-corrected chi connectivity index (χ2v) is 4.81. The molecule has 94 valence electrons. The molecular formula is C14H15ClN2O. The first-order valence-corrected chi connectivity index (χ1v) is 6.09. The van der Waals surface area contributed by atoms with Gasteiger partial charge in [0.25, 0.3) is 0 Å². The zero-order valence-electron chi connectivity index (χ0n) is 10.4. The van der Waals surface area contributed by atoms with Crippen LogP contribution in [0.1, 0.15) is 11.1 Å². The molecule has 1 N–H and O–H groups in total. The monoisotopic (exact) mass is 262 g/mol. The van der Waals surface area contributed by atoms with Crippen LogP contribution in [0.5, 0.6) is 0 Å². The standard InChI is InChI=1S/C14H15ClN2O/c1-10-3-4-12(15)8-13(10)16-14(18)7-11-5-6-17(2)9-11/h3-6,8-9H,7H2,1-2H3,(H,16,18). The molecule has 2 aromatic rings. The number of rotatable bonds is 3. The SMILES string of the molecule is Cc1ccc(Cl)cc1NC(=O)Cc1ccn(C)c1. The maximum atomic E-state index is 11.9. The molecule has 4 heteroatoms. The minimum absolute atomic E-state index is 0.0356. The third-order valence-electron chi connectivity index (χ3n) is 2.73. The van der Waals surface area contributed by atoms with E-state index in [0.29, 0.717) is 11.4 Å². The van der Waals surface area contributed by atoms with E-state index in [-0.39, 0.29) is 5.91 Å². The molecule has 1 aromatic heterocycles. The van der Waals surface area contributed by atoms with Crippen molar-refractivity contribution in [2.75, 3.05) is 5.32 Å². The molecule has 18 heavy (non-hydrogen) atoms. The van der Waals surface area contributed by atoms with E-state index in [9.17, 15) is 4.79 Å². The number of nitrogens with one attached hydrogen (secondary N) is 1. The molecular weight excluding hydrogens is 248 g/mol. The second-order valence-electron chi connectivity index (χ2n) is 4.37. The van der Waals surface area contributed by atoms with E-state index in [1.54, 1.807) is 6.07 Å². The highest BCUT2D eigenvalue weighted by Crippen LogP contribution is 2.20. The zero-order chi connectivity index (χ0) is 13.1. The molecule has 1 aromatic carbocycles. The van der Waals surface area contributed by atoms with Crippen LogP contribution in [-0.4, -0.2) is 10.5 Å². The Morgan fingerprint density at radius 2 is 2.17 bits per heavy atom. The summed E-state index contributed by atoms with van der Waals surface area (Å²) >= 11 is 5.91. The van der Waals surface area contributed by atoms with Crippen molar-refractivity contribution in [3.63, 3.8) is 0 Å². The van der Waals surface area contributed by atoms with Gasteiger partial charge in [0.2, 0.25) is 5.91 Å². The van der Waals surface area contributed by atoms with E-state index in [1.807, 2.05) is 49.1 Å². The van der Waals surface area contributed by atoms with Crippen molar-refractivity contribution in [3.8, 4) is 0 Å². The summed E-state index contributed by atoms with van der Waals surface area (Å²) in [5.41, 5.74) is 2.76. The van der Waals surface area contributed by atoms with Crippen molar-refractivity contribution < 1.29 is 4.79 Å². The van der Waals surface area contributed by atoms with Gasteiger partial charge in [-0.15, -0.1) is 0 Å². The number of benzene rings is 1. The van der Waals surface area contributed by atoms with Gasteiger partial charge in [-0.2, -0.15) is 0 Å². The summed E-state index contributed by atoms with van der Waals surface area (Å²) in [7, 11) is 1.93. The van der Waals surface area contributed by atoms with Crippen LogP contribution in [0.25, 0.3) is 0 Å². The number of aromatic nitrogens is 1. The summed E-state index contributed by atoms with van der Waals surface area (Å²) in [6.07, 6.45) is 4.23. The number of hydrogen-bond acceptors (Lipinski definition) is 1. The van der Waals surface area contributed by atoms with Gasteiger partial charge in [-0.05, 0) is 36.2 Å². The fourth-order valence-electron chi connectivity index (χ4n) is 1.77. The number of hydrogen-bond donors (Lipinski definition) is 1. The molecule has 0 saturated heterocycles. The number of carbonyl (C=O) groups excluding carboxylic acids is 1. The van der Waals surface area contributed by atoms with Crippen LogP contribution in [0.4, 0.5) is 5.69 Å². The number of halogens is 1. The summed E-state index contributed by atoms with van der Waals surface area (Å²) in [4.78, 5) is 11.9. The predicted molar refractivity (Wildman–Crippen MR) is 73.9 cm³/mol. The Kier molecular flexibility index (Phi) is 3.72. The number of aryl methyl sites for hydroxylation is 2. The van der Waals surface area contributed by atoms with E-state index in [1.165, 1.54) is 0 Å². The average Bonchev–Trinajstić information content (AvgIpc) is 2.69. The number of carbonyl (C=O) groups is 1. The average molecular weight is 263 g/mol. The quantitative estimate of drug-likeness (QED) is 0.906. The lowest BCUT2D eigenvalue weighted by molar-refractivity contribution is -0.115. The summed E-state index contributed by atoms with van der Waals surface area (Å²) in [6.45, 7) is 1.94. The molecule has 0 fully saturated rings. The van der Waals surface area contributed by atoms with Crippen LogP contribution >= 0.6 is 11.6 Å². The number of anilines is 1. The lowest BCUT2D eigenvalue weighted by atomic mass is 10.2. The molecule has 2 rings (SSSR count). The first-order chi connectivity index (χ1) is 8.54. The predicted octanol–water partition coefficient (Wildman–Crippen LogP) is 3.17. The molecule has 1 heterocycles. The van der Waals surface area contributed by atoms with Gasteiger partial charge in [0.15, 0.2) is 0 Å². The Balaban J connectivity index is 2.05. The Hall–Kier alpha value is -1.74. The highest BCUT2D eigenvalue weighted by Gasteiger charge is 2.07. The fraction of sp³-hybridized carbons (Fsp3) is 0.214. The maximum absolute atomic E-state index is 11.9. The van der Waals surface area contributed by atoms with Gasteiger partial charge in [0.1, 0.15) is 0 Å². The van der Waals surface area contributed by atoms with E-state index in [4.69, 9.17) is 11.6 Å². The molecule has 0 aliphatic carbocycles. The van der Waals surface area contributed by atoms with Crippen LogP contribution < -0.4 is 5.32 Å². The zero-order valence-corrected chi connectivity index (χ0v) is 11.2. The van der Waals surface area contributed by atoms with Crippen molar-refractivity contribution in [2.45, 2.75) is 13.3 Å². The van der Waals surface area contributed by atoms with Crippen molar-refractivity contribution >= 4 is 23.2 Å². The van der Waals surface area contributed by atoms with Crippen LogP contribution in [0.15, 0.2) is 36.7 Å². The lowest BCUT2D eigenvalue weighted by Gasteiger charge is -2.08. The Morgan fingerprint density at radius 1 is 1.39 bits per heavy atom. The van der Waals surface area contributed by atoms with Crippen LogP contribution in [0, 0.1) is 6.92 Å². The summed E-state index contributed by atoms with van der Waals surface area (Å²) in [5.74, 6) is -0.0356. The molecule has 0 aliphatic heterocycles. The lowest BCUT2D eigenvalue weighted by Crippen LogP contribution is -2.14. The fourth-order valence-corrected chi connectivity index (χ4v) is 1.95. The van der Waals surface area contributed by atoms with Crippen LogP contribution in [0.2, 0.25) is 5.02 Å². The number of nitrogens with zero attached hydrogens (tertiary/aromatic N) is 1. The molecule has 1 amide bonds. The maximum Gasteiger partial charge on any atom is 0.228 e. The summed E-state index contributed by atoms with van der Waals surface area (Å²) < 4.78 is 1.92. The van der Waals surface area contributed by atoms with Gasteiger partial charge < -0.3 is 9.88 Å². The van der Waals surface area contributed by atoms with E-state index in [2.05, 4.69) is 5.32 Å². The normalized spacial score (nSPS) is 10.4. The van der Waals surface area contributed by atoms with E-state index >= 15 is 0 Å². The van der Waals surface area contributed by atoms with Gasteiger partial charge in [-0.3, -0.25) is 4.79 Å². The smallest absolute Gasteiger partial charge is 0.228 e. The molecule has 0 radical (unpaired) electrons. The number of amides is 1. The minimum Gasteiger partial charge on any atom is -0.357 e. The Morgan fingerprint density at radius 3 is 2.83 bits per heavy atom. The second kappa shape index (κ2) is 5.27. The van der Waals surface area contributed by atoms with E-state index in [0.717, 1.165) is 16.8 Å². The Labute approximate surface area is 111 Å². The summed E-state index contributed by atoms with van der Waals surface area (Å²) in [5, 5.41) is 3.50. The van der Waals surface area contributed by atoms with E-state index < -0.39 is 0 Å². The van der Waals surface area contributed by atoms with Gasteiger partial charge in [-0.1, -0.05) is 17.7 Å². The first kappa shape index (κ1) is 12.7. The van der Waals surface area contributed by atoms with Gasteiger partial charge in [0.05, 0.1) is 6.42 Å². The van der Waals surface area contributed by atoms with Gasteiger partial charge in [-0.25, -0.2) is 0 Å². The van der Waals surface area contributed by atoms with Crippen LogP contribution in [0.3, 0.4) is 0 Å². The molecule has 0 aliphatic rings. The molecule has 0 unspecified atom stereocenters. The highest BCUT2D eigenvalue weighted by molar-refractivity contribution is 6.31. The third-order valence-corrected chi connectivity index (χ3v) is 2.97. The van der Waals surface area contributed by atoms with Crippen molar-refractivity contribution in [1.82, 2.24) is 4.57 Å². The summed E-state index contributed by atoms with van der Waals surface area (Å²) in [6, 6.07) is 7.40. The largest absolute Gasteiger partial charge is 0.357 e. The van der Waals surface area contributed by atoms with Gasteiger partial charge in [0, 0.05) is 30.2 Å². The Bertz CT molecular complexity index is 575. The molecule has 3 nitrogen and oxygen atoms in total. The third kappa shape index (κ3) is 3.14. The molecule has 0 saturated carbocycles. The topological polar surface area (TPSA) is 34.0 Å². The van der Waals surface area contributed by atoms with Gasteiger partial charge >= 0.3 is 0 Å². The molecule has 0 spiro atoms. The highest BCUT2D eigenvalue weighted by atomic mass is 35.5. The molecule has 0 atom stereocenters. The van der Waals surface area contributed by atoms with Crippen LogP contribution in [-0.2, 0) is 18.3 Å².